The molecule has 0 aliphatic heterocycles. The summed E-state index contributed by atoms with van der Waals surface area (Å²) in [5, 5.41) is 1.85. The van der Waals surface area contributed by atoms with Gasteiger partial charge in [-0.2, -0.15) is 13.2 Å². The maximum atomic E-state index is 12.9. The molecule has 10 heteroatoms. The second kappa shape index (κ2) is 9.98. The van der Waals surface area contributed by atoms with E-state index in [1.54, 1.807) is 12.1 Å². The standard InChI is InChI=1S/C19H17ClF4N2O2S/c1-26(18(28)11-29-10-12-2-4-13(21)5-3-12)9-17(27)25-14-6-7-16(20)15(8-14)19(22,23)24/h2-8H,9-11H2,1H3,(H,25,27). The molecule has 0 radical (unpaired) electrons. The molecule has 156 valence electrons. The topological polar surface area (TPSA) is 49.4 Å². The largest absolute Gasteiger partial charge is 0.417 e. The minimum absolute atomic E-state index is 0.0711. The SMILES string of the molecule is CN(CC(=O)Nc1ccc(Cl)c(C(F)(F)F)c1)C(=O)CSCc1ccc(F)cc1. The minimum Gasteiger partial charge on any atom is -0.336 e. The van der Waals surface area contributed by atoms with Crippen molar-refractivity contribution in [3.63, 3.8) is 0 Å². The van der Waals surface area contributed by atoms with Crippen molar-refractivity contribution in [2.45, 2.75) is 11.9 Å². The van der Waals surface area contributed by atoms with Crippen LogP contribution in [0.1, 0.15) is 11.1 Å². The van der Waals surface area contributed by atoms with Gasteiger partial charge in [0.25, 0.3) is 0 Å². The molecule has 0 aliphatic rings. The van der Waals surface area contributed by atoms with Crippen LogP contribution in [0.15, 0.2) is 42.5 Å². The molecule has 1 N–H and O–H groups in total. The molecular weight excluding hydrogens is 432 g/mol. The minimum atomic E-state index is -4.65. The Bertz CT molecular complexity index is 876. The van der Waals surface area contributed by atoms with Gasteiger partial charge in [0.15, 0.2) is 0 Å². The molecule has 0 fully saturated rings. The Morgan fingerprint density at radius 3 is 2.41 bits per heavy atom. The number of rotatable bonds is 7. The average Bonchev–Trinajstić information content (AvgIpc) is 2.63. The summed E-state index contributed by atoms with van der Waals surface area (Å²) in [5.74, 6) is -0.708. The van der Waals surface area contributed by atoms with E-state index >= 15 is 0 Å². The number of hydrogen-bond donors (Lipinski definition) is 1. The fourth-order valence-electron chi connectivity index (χ4n) is 2.27. The summed E-state index contributed by atoms with van der Waals surface area (Å²) in [5.41, 5.74) is -0.273. The highest BCUT2D eigenvalue weighted by Crippen LogP contribution is 2.36. The number of nitrogens with one attached hydrogen (secondary N) is 1. The molecule has 0 aliphatic carbocycles. The van der Waals surface area contributed by atoms with E-state index in [-0.39, 0.29) is 29.7 Å². The molecule has 0 spiro atoms. The van der Waals surface area contributed by atoms with E-state index in [0.717, 1.165) is 17.7 Å². The van der Waals surface area contributed by atoms with Crippen molar-refractivity contribution in [3.05, 3.63) is 64.4 Å². The number of alkyl halides is 3. The third-order valence-electron chi connectivity index (χ3n) is 3.77. The Hall–Kier alpha value is -2.26. The van der Waals surface area contributed by atoms with Crippen LogP contribution in [0.5, 0.6) is 0 Å². The Morgan fingerprint density at radius 2 is 1.79 bits per heavy atom. The molecule has 2 aromatic carbocycles. The average molecular weight is 449 g/mol. The highest BCUT2D eigenvalue weighted by molar-refractivity contribution is 7.99. The molecule has 0 atom stereocenters. The summed E-state index contributed by atoms with van der Waals surface area (Å²) >= 11 is 6.84. The predicted octanol–water partition coefficient (Wildman–Crippen LogP) is 4.83. The van der Waals surface area contributed by atoms with Crippen molar-refractivity contribution in [2.24, 2.45) is 0 Å². The lowest BCUT2D eigenvalue weighted by Gasteiger charge is -2.17. The number of carbonyl (C=O) groups excluding carboxylic acids is 2. The van der Waals surface area contributed by atoms with Crippen LogP contribution >= 0.6 is 23.4 Å². The highest BCUT2D eigenvalue weighted by Gasteiger charge is 2.33. The fraction of sp³-hybridized carbons (Fsp3) is 0.263. The third-order valence-corrected chi connectivity index (χ3v) is 5.09. The van der Waals surface area contributed by atoms with E-state index < -0.39 is 22.7 Å². The molecule has 4 nitrogen and oxygen atoms in total. The van der Waals surface area contributed by atoms with Gasteiger partial charge in [-0.25, -0.2) is 4.39 Å². The van der Waals surface area contributed by atoms with Gasteiger partial charge in [-0.05, 0) is 35.9 Å². The molecule has 2 aromatic rings. The molecule has 0 unspecified atom stereocenters. The van der Waals surface area contributed by atoms with Crippen molar-refractivity contribution in [1.29, 1.82) is 0 Å². The maximum Gasteiger partial charge on any atom is 0.417 e. The van der Waals surface area contributed by atoms with Crippen LogP contribution in [0, 0.1) is 5.82 Å². The van der Waals surface area contributed by atoms with Gasteiger partial charge in [0.1, 0.15) is 5.82 Å². The van der Waals surface area contributed by atoms with Gasteiger partial charge in [0.2, 0.25) is 11.8 Å². The van der Waals surface area contributed by atoms with Gasteiger partial charge in [0, 0.05) is 18.5 Å². The third kappa shape index (κ3) is 7.25. The summed E-state index contributed by atoms with van der Waals surface area (Å²) in [6, 6.07) is 8.91. The van der Waals surface area contributed by atoms with Crippen LogP contribution in [0.4, 0.5) is 23.2 Å². The van der Waals surface area contributed by atoms with Crippen LogP contribution in [0.2, 0.25) is 5.02 Å². The number of thioether (sulfide) groups is 1. The first-order chi connectivity index (χ1) is 13.6. The molecule has 29 heavy (non-hydrogen) atoms. The van der Waals surface area contributed by atoms with Gasteiger partial charge >= 0.3 is 6.18 Å². The predicted molar refractivity (Wildman–Crippen MR) is 105 cm³/mol. The highest BCUT2D eigenvalue weighted by atomic mass is 35.5. The fourth-order valence-corrected chi connectivity index (χ4v) is 3.42. The quantitative estimate of drug-likeness (QED) is 0.617. The first kappa shape index (κ1) is 23.0. The number of carbonyl (C=O) groups is 2. The Labute approximate surface area is 174 Å². The Balaban J connectivity index is 1.83. The van der Waals surface area contributed by atoms with E-state index in [4.69, 9.17) is 11.6 Å². The van der Waals surface area contributed by atoms with Crippen LogP contribution in [0.3, 0.4) is 0 Å². The molecule has 0 heterocycles. The lowest BCUT2D eigenvalue weighted by atomic mass is 10.2. The molecule has 0 bridgehead atoms. The van der Waals surface area contributed by atoms with Gasteiger partial charge in [0.05, 0.1) is 22.9 Å². The van der Waals surface area contributed by atoms with Crippen molar-refractivity contribution >= 4 is 40.9 Å². The zero-order chi connectivity index (χ0) is 21.6. The summed E-state index contributed by atoms with van der Waals surface area (Å²) in [6.07, 6.45) is -4.65. The molecular formula is C19H17ClF4N2O2S. The molecule has 2 amide bonds. The van der Waals surface area contributed by atoms with Gasteiger partial charge < -0.3 is 10.2 Å². The van der Waals surface area contributed by atoms with Crippen LogP contribution in [0.25, 0.3) is 0 Å². The second-order valence-electron chi connectivity index (χ2n) is 6.11. The number of nitrogens with zero attached hydrogens (tertiary/aromatic N) is 1. The lowest BCUT2D eigenvalue weighted by molar-refractivity contribution is -0.137. The van der Waals surface area contributed by atoms with Crippen LogP contribution < -0.4 is 5.32 Å². The number of hydrogen-bond acceptors (Lipinski definition) is 3. The number of anilines is 1. The van der Waals surface area contributed by atoms with Crippen molar-refractivity contribution in [3.8, 4) is 0 Å². The summed E-state index contributed by atoms with van der Waals surface area (Å²) in [6.45, 7) is -0.320. The number of benzene rings is 2. The first-order valence-electron chi connectivity index (χ1n) is 8.29. The summed E-state index contributed by atoms with van der Waals surface area (Å²) in [4.78, 5) is 25.3. The molecule has 0 saturated heterocycles. The van der Waals surface area contributed by atoms with Gasteiger partial charge in [-0.3, -0.25) is 9.59 Å². The molecule has 0 aromatic heterocycles. The molecule has 2 rings (SSSR count). The number of halogens is 5. The number of likely N-dealkylation sites (N-methyl/N-ethyl adjacent to an activating group) is 1. The first-order valence-corrected chi connectivity index (χ1v) is 9.82. The zero-order valence-electron chi connectivity index (χ0n) is 15.2. The van der Waals surface area contributed by atoms with E-state index in [2.05, 4.69) is 5.32 Å². The van der Waals surface area contributed by atoms with Crippen molar-refractivity contribution in [2.75, 3.05) is 24.7 Å². The maximum absolute atomic E-state index is 12.9. The lowest BCUT2D eigenvalue weighted by Crippen LogP contribution is -2.36. The Kier molecular flexibility index (Phi) is 7.92. The van der Waals surface area contributed by atoms with E-state index in [1.165, 1.54) is 41.9 Å². The summed E-state index contributed by atoms with van der Waals surface area (Å²) in [7, 11) is 1.42. The van der Waals surface area contributed by atoms with E-state index in [9.17, 15) is 27.2 Å². The van der Waals surface area contributed by atoms with Crippen molar-refractivity contribution < 1.29 is 27.2 Å². The van der Waals surface area contributed by atoms with Crippen LogP contribution in [-0.4, -0.2) is 36.1 Å². The second-order valence-corrected chi connectivity index (χ2v) is 7.50. The van der Waals surface area contributed by atoms with Crippen molar-refractivity contribution in [1.82, 2.24) is 4.90 Å². The normalized spacial score (nSPS) is 11.2. The Morgan fingerprint density at radius 1 is 1.14 bits per heavy atom. The van der Waals surface area contributed by atoms with Gasteiger partial charge in [-0.15, -0.1) is 11.8 Å². The van der Waals surface area contributed by atoms with Crippen LogP contribution in [-0.2, 0) is 21.5 Å². The van der Waals surface area contributed by atoms with Gasteiger partial charge in [-0.1, -0.05) is 23.7 Å². The van der Waals surface area contributed by atoms with E-state index in [0.29, 0.717) is 5.75 Å². The zero-order valence-corrected chi connectivity index (χ0v) is 16.8. The smallest absolute Gasteiger partial charge is 0.336 e. The van der Waals surface area contributed by atoms with E-state index in [1.807, 2.05) is 0 Å². The number of amides is 2. The monoisotopic (exact) mass is 448 g/mol. The molecule has 0 saturated carbocycles. The summed E-state index contributed by atoms with van der Waals surface area (Å²) < 4.78 is 51.5.